The lowest BCUT2D eigenvalue weighted by Gasteiger charge is -2.32. The standard InChI is InChI=1S/C25H33FN2O2/c1-4-5-9-16-27-24(29)23(17-20-10-7-6-8-11-20)28(25(30)19(2)3)18-21-12-14-22(26)15-13-21/h6-8,10-15,19,23H,4-5,9,16-18H2,1-3H3,(H,27,29)/t23-/m1/s1. The van der Waals surface area contributed by atoms with Gasteiger partial charge in [0.15, 0.2) is 0 Å². The fourth-order valence-electron chi connectivity index (χ4n) is 3.35. The molecule has 0 aliphatic carbocycles. The van der Waals surface area contributed by atoms with Crippen molar-refractivity contribution < 1.29 is 14.0 Å². The first-order valence-electron chi connectivity index (χ1n) is 10.8. The molecule has 0 bridgehead atoms. The summed E-state index contributed by atoms with van der Waals surface area (Å²) in [5.74, 6) is -0.818. The number of carbonyl (C=O) groups is 2. The van der Waals surface area contributed by atoms with Crippen LogP contribution in [0.2, 0.25) is 0 Å². The van der Waals surface area contributed by atoms with Crippen LogP contribution in [-0.2, 0) is 22.6 Å². The molecule has 1 atom stereocenters. The van der Waals surface area contributed by atoms with Crippen LogP contribution in [0.15, 0.2) is 54.6 Å². The summed E-state index contributed by atoms with van der Waals surface area (Å²) in [6.45, 7) is 6.64. The molecule has 0 radical (unpaired) electrons. The molecular formula is C25H33FN2O2. The van der Waals surface area contributed by atoms with Gasteiger partial charge >= 0.3 is 0 Å². The molecule has 4 nitrogen and oxygen atoms in total. The van der Waals surface area contributed by atoms with Gasteiger partial charge in [0, 0.05) is 25.4 Å². The highest BCUT2D eigenvalue weighted by atomic mass is 19.1. The van der Waals surface area contributed by atoms with Crippen molar-refractivity contribution >= 4 is 11.8 Å². The second-order valence-electron chi connectivity index (χ2n) is 7.95. The van der Waals surface area contributed by atoms with Crippen LogP contribution in [0.25, 0.3) is 0 Å². The Labute approximate surface area is 179 Å². The molecule has 162 valence electrons. The molecule has 0 unspecified atom stereocenters. The van der Waals surface area contributed by atoms with E-state index in [4.69, 9.17) is 0 Å². The fourth-order valence-corrected chi connectivity index (χ4v) is 3.35. The largest absolute Gasteiger partial charge is 0.354 e. The quantitative estimate of drug-likeness (QED) is 0.543. The van der Waals surface area contributed by atoms with Gasteiger partial charge in [0.2, 0.25) is 11.8 Å². The third kappa shape index (κ3) is 7.29. The van der Waals surface area contributed by atoms with Crippen LogP contribution in [0.5, 0.6) is 0 Å². The summed E-state index contributed by atoms with van der Waals surface area (Å²) in [5.41, 5.74) is 1.79. The smallest absolute Gasteiger partial charge is 0.243 e. The molecule has 2 amide bonds. The number of amides is 2. The summed E-state index contributed by atoms with van der Waals surface area (Å²) in [6.07, 6.45) is 3.47. The average molecular weight is 413 g/mol. The Kier molecular flexibility index (Phi) is 9.52. The summed E-state index contributed by atoms with van der Waals surface area (Å²) in [4.78, 5) is 27.9. The van der Waals surface area contributed by atoms with E-state index in [1.165, 1.54) is 12.1 Å². The van der Waals surface area contributed by atoms with Gasteiger partial charge < -0.3 is 10.2 Å². The SMILES string of the molecule is CCCCCNC(=O)[C@@H](Cc1ccccc1)N(Cc1ccc(F)cc1)C(=O)C(C)C. The van der Waals surface area contributed by atoms with Crippen molar-refractivity contribution in [3.63, 3.8) is 0 Å². The van der Waals surface area contributed by atoms with E-state index in [0.29, 0.717) is 13.0 Å². The van der Waals surface area contributed by atoms with Crippen LogP contribution in [0.3, 0.4) is 0 Å². The summed E-state index contributed by atoms with van der Waals surface area (Å²) < 4.78 is 13.3. The molecule has 0 fully saturated rings. The Morgan fingerprint density at radius 1 is 0.967 bits per heavy atom. The molecular weight excluding hydrogens is 379 g/mol. The molecule has 2 aromatic carbocycles. The number of hydrogen-bond donors (Lipinski definition) is 1. The number of unbranched alkanes of at least 4 members (excludes halogenated alkanes) is 2. The molecule has 5 heteroatoms. The van der Waals surface area contributed by atoms with Crippen LogP contribution in [0.4, 0.5) is 4.39 Å². The molecule has 0 aromatic heterocycles. The van der Waals surface area contributed by atoms with Gasteiger partial charge in [-0.1, -0.05) is 76.1 Å². The molecule has 0 saturated heterocycles. The number of halogens is 1. The van der Waals surface area contributed by atoms with E-state index in [0.717, 1.165) is 30.4 Å². The maximum Gasteiger partial charge on any atom is 0.243 e. The second kappa shape index (κ2) is 12.1. The lowest BCUT2D eigenvalue weighted by Crippen LogP contribution is -2.51. The molecule has 0 saturated carbocycles. The third-order valence-electron chi connectivity index (χ3n) is 5.07. The van der Waals surface area contributed by atoms with Crippen LogP contribution in [0, 0.1) is 11.7 Å². The van der Waals surface area contributed by atoms with Crippen LogP contribution in [0.1, 0.15) is 51.2 Å². The normalized spacial score (nSPS) is 11.9. The van der Waals surface area contributed by atoms with Gasteiger partial charge in [-0.15, -0.1) is 0 Å². The average Bonchev–Trinajstić information content (AvgIpc) is 2.75. The summed E-state index contributed by atoms with van der Waals surface area (Å²) in [6, 6.07) is 15.2. The van der Waals surface area contributed by atoms with Crippen LogP contribution in [-0.4, -0.2) is 29.3 Å². The minimum atomic E-state index is -0.631. The fraction of sp³-hybridized carbons (Fsp3) is 0.440. The molecule has 30 heavy (non-hydrogen) atoms. The first kappa shape index (κ1) is 23.6. The Bertz CT molecular complexity index is 791. The first-order valence-corrected chi connectivity index (χ1v) is 10.8. The maximum atomic E-state index is 13.3. The lowest BCUT2D eigenvalue weighted by molar-refractivity contribution is -0.143. The van der Waals surface area contributed by atoms with Gasteiger partial charge in [0.25, 0.3) is 0 Å². The molecule has 0 heterocycles. The predicted molar refractivity (Wildman–Crippen MR) is 118 cm³/mol. The Morgan fingerprint density at radius 2 is 1.63 bits per heavy atom. The monoisotopic (exact) mass is 412 g/mol. The molecule has 1 N–H and O–H groups in total. The second-order valence-corrected chi connectivity index (χ2v) is 7.95. The molecule has 0 spiro atoms. The predicted octanol–water partition coefficient (Wildman–Crippen LogP) is 4.73. The van der Waals surface area contributed by atoms with Gasteiger partial charge in [-0.2, -0.15) is 0 Å². The van der Waals surface area contributed by atoms with Crippen LogP contribution < -0.4 is 5.32 Å². The van der Waals surface area contributed by atoms with Crippen molar-refractivity contribution in [3.8, 4) is 0 Å². The Balaban J connectivity index is 2.30. The van der Waals surface area contributed by atoms with Gasteiger partial charge in [0.05, 0.1) is 0 Å². The van der Waals surface area contributed by atoms with E-state index in [9.17, 15) is 14.0 Å². The molecule has 0 aliphatic rings. The van der Waals surface area contributed by atoms with Gasteiger partial charge in [0.1, 0.15) is 11.9 Å². The van der Waals surface area contributed by atoms with E-state index in [2.05, 4.69) is 12.2 Å². The van der Waals surface area contributed by atoms with E-state index < -0.39 is 6.04 Å². The van der Waals surface area contributed by atoms with Crippen molar-refractivity contribution in [1.82, 2.24) is 10.2 Å². The maximum absolute atomic E-state index is 13.3. The molecule has 2 rings (SSSR count). The summed E-state index contributed by atoms with van der Waals surface area (Å²) in [7, 11) is 0. The van der Waals surface area contributed by atoms with Gasteiger partial charge in [-0.05, 0) is 29.7 Å². The Morgan fingerprint density at radius 3 is 2.23 bits per heavy atom. The number of hydrogen-bond acceptors (Lipinski definition) is 2. The third-order valence-corrected chi connectivity index (χ3v) is 5.07. The van der Waals surface area contributed by atoms with E-state index in [1.54, 1.807) is 17.0 Å². The van der Waals surface area contributed by atoms with Crippen molar-refractivity contribution in [1.29, 1.82) is 0 Å². The van der Waals surface area contributed by atoms with Gasteiger partial charge in [-0.25, -0.2) is 4.39 Å². The molecule has 0 aliphatic heterocycles. The number of benzene rings is 2. The number of rotatable bonds is 11. The zero-order chi connectivity index (χ0) is 21.9. The van der Waals surface area contributed by atoms with E-state index in [-0.39, 0.29) is 30.1 Å². The zero-order valence-corrected chi connectivity index (χ0v) is 18.2. The van der Waals surface area contributed by atoms with Crippen molar-refractivity contribution in [3.05, 3.63) is 71.5 Å². The van der Waals surface area contributed by atoms with E-state index in [1.807, 2.05) is 44.2 Å². The highest BCUT2D eigenvalue weighted by Gasteiger charge is 2.31. The highest BCUT2D eigenvalue weighted by molar-refractivity contribution is 5.88. The Hall–Kier alpha value is -2.69. The molecule has 2 aromatic rings. The van der Waals surface area contributed by atoms with Crippen LogP contribution >= 0.6 is 0 Å². The number of carbonyl (C=O) groups excluding carboxylic acids is 2. The lowest BCUT2D eigenvalue weighted by atomic mass is 10.0. The number of nitrogens with one attached hydrogen (secondary N) is 1. The first-order chi connectivity index (χ1) is 14.4. The summed E-state index contributed by atoms with van der Waals surface area (Å²) >= 11 is 0. The van der Waals surface area contributed by atoms with Crippen molar-refractivity contribution in [2.45, 2.75) is 59.0 Å². The summed E-state index contributed by atoms with van der Waals surface area (Å²) in [5, 5.41) is 3.01. The highest BCUT2D eigenvalue weighted by Crippen LogP contribution is 2.17. The van der Waals surface area contributed by atoms with Gasteiger partial charge in [-0.3, -0.25) is 9.59 Å². The van der Waals surface area contributed by atoms with Crippen molar-refractivity contribution in [2.24, 2.45) is 5.92 Å². The zero-order valence-electron chi connectivity index (χ0n) is 18.2. The van der Waals surface area contributed by atoms with E-state index >= 15 is 0 Å². The van der Waals surface area contributed by atoms with Crippen molar-refractivity contribution in [2.75, 3.05) is 6.54 Å². The topological polar surface area (TPSA) is 49.4 Å². The minimum Gasteiger partial charge on any atom is -0.354 e. The minimum absolute atomic E-state index is 0.0936. The number of nitrogens with zero attached hydrogens (tertiary/aromatic N) is 1.